The topological polar surface area (TPSA) is 85.5 Å². The molecule has 2 aromatic rings. The lowest BCUT2D eigenvalue weighted by Crippen LogP contribution is -2.37. The van der Waals surface area contributed by atoms with Gasteiger partial charge in [0.15, 0.2) is 12.4 Å². The number of carboxylic acid groups (broad SMARTS) is 1. The normalized spacial score (nSPS) is 11.2. The molecule has 0 spiro atoms. The monoisotopic (exact) mass is 553 g/mol. The molecule has 1 aromatic carbocycles. The molecule has 0 radical (unpaired) electrons. The number of carbonyl (C=O) groups is 2. The van der Waals surface area contributed by atoms with Crippen LogP contribution in [-0.4, -0.2) is 24.3 Å². The van der Waals surface area contributed by atoms with Crippen LogP contribution in [0.2, 0.25) is 0 Å². The number of halogens is 4. The molecule has 0 atom stereocenters. The first-order valence-electron chi connectivity index (χ1n) is 13.5. The van der Waals surface area contributed by atoms with Gasteiger partial charge in [-0.25, -0.2) is 14.4 Å². The van der Waals surface area contributed by atoms with Crippen LogP contribution in [0.25, 0.3) is 0 Å². The number of hydrogen-bond donors (Lipinski definition) is 1. The van der Waals surface area contributed by atoms with Crippen molar-refractivity contribution in [2.24, 2.45) is 5.10 Å². The molecule has 0 fully saturated rings. The van der Waals surface area contributed by atoms with E-state index in [0.717, 1.165) is 18.5 Å². The number of hydrazone groups is 1. The maximum atomic E-state index is 12.9. The van der Waals surface area contributed by atoms with Gasteiger partial charge >= 0.3 is 6.18 Å². The molecule has 1 N–H and O–H groups in total. The Kier molecular flexibility index (Phi) is 17.1. The fraction of sp³-hybridized carbons (Fsp3) is 0.517. The molecule has 1 heterocycles. The number of carbonyl (C=O) groups excluding carboxylic acids is 2. The number of alkyl halides is 3. The number of amides is 1. The van der Waals surface area contributed by atoms with Gasteiger partial charge in [-0.05, 0) is 24.1 Å². The van der Waals surface area contributed by atoms with Crippen molar-refractivity contribution >= 4 is 18.1 Å². The molecular formula is C29H39F4N3O3. The molecule has 0 unspecified atom stereocenters. The molecule has 0 saturated heterocycles. The van der Waals surface area contributed by atoms with Gasteiger partial charge in [0.25, 0.3) is 5.91 Å². The second kappa shape index (κ2) is 19.7. The largest absolute Gasteiger partial charge is 0.542 e. The third kappa shape index (κ3) is 17.0. The quantitative estimate of drug-likeness (QED) is 0.0927. The van der Waals surface area contributed by atoms with Crippen LogP contribution in [0.4, 0.5) is 17.6 Å². The summed E-state index contributed by atoms with van der Waals surface area (Å²) in [5, 5.41) is 12.7. The first kappa shape index (κ1) is 33.7. The molecule has 0 aliphatic heterocycles. The minimum Gasteiger partial charge on any atom is -0.542 e. The van der Waals surface area contributed by atoms with Gasteiger partial charge in [-0.15, -0.1) is 0 Å². The molecule has 1 aromatic heterocycles. The van der Waals surface area contributed by atoms with E-state index in [-0.39, 0.29) is 11.7 Å². The van der Waals surface area contributed by atoms with E-state index in [9.17, 15) is 22.4 Å². The lowest BCUT2D eigenvalue weighted by Gasteiger charge is -2.03. The fourth-order valence-corrected chi connectivity index (χ4v) is 3.67. The minimum atomic E-state index is -5.19. The summed E-state index contributed by atoms with van der Waals surface area (Å²) in [7, 11) is 0. The Hall–Kier alpha value is -3.30. The number of hydrogen-bond acceptors (Lipinski definition) is 4. The summed E-state index contributed by atoms with van der Waals surface area (Å²) < 4.78 is 46.6. The van der Waals surface area contributed by atoms with E-state index in [1.165, 1.54) is 89.0 Å². The lowest BCUT2D eigenvalue weighted by atomic mass is 10.1. The summed E-state index contributed by atoms with van der Waals surface area (Å²) in [5.74, 6) is -3.57. The van der Waals surface area contributed by atoms with E-state index in [0.29, 0.717) is 5.56 Å². The van der Waals surface area contributed by atoms with Gasteiger partial charge in [0, 0.05) is 18.6 Å². The van der Waals surface area contributed by atoms with Crippen molar-refractivity contribution in [3.63, 3.8) is 0 Å². The van der Waals surface area contributed by atoms with Gasteiger partial charge in [-0.2, -0.15) is 18.3 Å². The van der Waals surface area contributed by atoms with Crippen molar-refractivity contribution in [1.82, 2.24) is 5.43 Å². The van der Waals surface area contributed by atoms with Crippen LogP contribution in [0.5, 0.6) is 0 Å². The number of aliphatic carboxylic acids is 1. The van der Waals surface area contributed by atoms with Crippen LogP contribution in [0.15, 0.2) is 53.9 Å². The number of unbranched alkanes of at least 4 members (excludes halogenated alkanes) is 11. The standard InChI is InChI=1S/C27H38FN3O.C2HF3O2/c1-2-3-4-5-6-7-8-9-10-11-12-13-20-31-21-18-25(19-22-31)27(32)30-29-23-24-14-16-26(28)17-15-24;3-2(4,5)1(6)7/h14-19,21-23H,2-13,20H2,1H3;(H,6,7). The van der Waals surface area contributed by atoms with Crippen molar-refractivity contribution in [1.29, 1.82) is 0 Å². The Morgan fingerprint density at radius 3 is 1.77 bits per heavy atom. The third-order valence-corrected chi connectivity index (χ3v) is 5.90. The Morgan fingerprint density at radius 2 is 1.31 bits per heavy atom. The van der Waals surface area contributed by atoms with Crippen LogP contribution >= 0.6 is 0 Å². The molecule has 1 amide bonds. The second-order valence-corrected chi connectivity index (χ2v) is 9.25. The van der Waals surface area contributed by atoms with Crippen LogP contribution in [0.3, 0.4) is 0 Å². The molecule has 216 valence electrons. The number of aryl methyl sites for hydroxylation is 1. The van der Waals surface area contributed by atoms with Crippen LogP contribution in [-0.2, 0) is 11.3 Å². The van der Waals surface area contributed by atoms with E-state index in [2.05, 4.69) is 22.0 Å². The van der Waals surface area contributed by atoms with Crippen LogP contribution in [0, 0.1) is 5.82 Å². The zero-order valence-corrected chi connectivity index (χ0v) is 22.5. The van der Waals surface area contributed by atoms with E-state index < -0.39 is 12.1 Å². The van der Waals surface area contributed by atoms with Crippen LogP contribution in [0.1, 0.15) is 99.9 Å². The molecule has 0 bridgehead atoms. The summed E-state index contributed by atoms with van der Waals surface area (Å²) in [6.45, 7) is 3.24. The zero-order chi connectivity index (χ0) is 28.9. The number of benzene rings is 1. The smallest absolute Gasteiger partial charge is 0.430 e. The molecule has 39 heavy (non-hydrogen) atoms. The maximum absolute atomic E-state index is 12.9. The van der Waals surface area contributed by atoms with Gasteiger partial charge in [-0.1, -0.05) is 83.3 Å². The molecule has 0 aliphatic rings. The van der Waals surface area contributed by atoms with Gasteiger partial charge in [0.2, 0.25) is 0 Å². The van der Waals surface area contributed by atoms with Crippen molar-refractivity contribution in [2.75, 3.05) is 0 Å². The summed E-state index contributed by atoms with van der Waals surface area (Å²) in [4.78, 5) is 21.0. The second-order valence-electron chi connectivity index (χ2n) is 9.25. The Bertz CT molecular complexity index is 979. The number of pyridine rings is 1. The van der Waals surface area contributed by atoms with Crippen molar-refractivity contribution in [3.05, 3.63) is 65.7 Å². The Labute approximate surface area is 228 Å². The molecular weight excluding hydrogens is 514 g/mol. The summed E-state index contributed by atoms with van der Waals surface area (Å²) in [6, 6.07) is 9.54. The molecule has 2 rings (SSSR count). The van der Waals surface area contributed by atoms with Crippen molar-refractivity contribution in [2.45, 2.75) is 96.7 Å². The third-order valence-electron chi connectivity index (χ3n) is 5.90. The Balaban J connectivity index is 0.000000956. The summed E-state index contributed by atoms with van der Waals surface area (Å²) in [6.07, 6.45) is 16.4. The fourth-order valence-electron chi connectivity index (χ4n) is 3.67. The summed E-state index contributed by atoms with van der Waals surface area (Å²) in [5.41, 5.74) is 3.79. The highest BCUT2D eigenvalue weighted by Crippen LogP contribution is 2.12. The van der Waals surface area contributed by atoms with Crippen molar-refractivity contribution in [3.8, 4) is 0 Å². The molecule has 0 saturated carbocycles. The van der Waals surface area contributed by atoms with Gasteiger partial charge in [-0.3, -0.25) is 4.79 Å². The van der Waals surface area contributed by atoms with Crippen molar-refractivity contribution < 1.29 is 36.8 Å². The average Bonchev–Trinajstić information content (AvgIpc) is 2.90. The van der Waals surface area contributed by atoms with Gasteiger partial charge in [0.05, 0.1) is 11.8 Å². The highest BCUT2D eigenvalue weighted by Gasteiger charge is 2.28. The maximum Gasteiger partial charge on any atom is 0.430 e. The van der Waals surface area contributed by atoms with Gasteiger partial charge < -0.3 is 9.90 Å². The summed E-state index contributed by atoms with van der Waals surface area (Å²) >= 11 is 0. The number of nitrogens with zero attached hydrogens (tertiary/aromatic N) is 2. The lowest BCUT2D eigenvalue weighted by molar-refractivity contribution is -0.697. The van der Waals surface area contributed by atoms with Gasteiger partial charge in [0.1, 0.15) is 18.3 Å². The number of aromatic nitrogens is 1. The highest BCUT2D eigenvalue weighted by atomic mass is 19.4. The zero-order valence-electron chi connectivity index (χ0n) is 22.5. The Morgan fingerprint density at radius 1 is 0.846 bits per heavy atom. The van der Waals surface area contributed by atoms with E-state index in [1.807, 2.05) is 24.5 Å². The number of rotatable bonds is 16. The number of nitrogens with one attached hydrogen (secondary N) is 1. The minimum absolute atomic E-state index is 0.263. The molecule has 0 aliphatic carbocycles. The number of carboxylic acids is 1. The average molecular weight is 554 g/mol. The van der Waals surface area contributed by atoms with E-state index >= 15 is 0 Å². The van der Waals surface area contributed by atoms with Crippen LogP contribution < -0.4 is 15.1 Å². The SMILES string of the molecule is CCCCCCCCCCCCCC[n+]1ccc(C(=O)NN=Cc2ccc(F)cc2)cc1.O=C([O-])C(F)(F)F. The van der Waals surface area contributed by atoms with E-state index in [1.54, 1.807) is 12.1 Å². The predicted octanol–water partition coefficient (Wildman–Crippen LogP) is 5.88. The first-order valence-corrected chi connectivity index (χ1v) is 13.5. The van der Waals surface area contributed by atoms with E-state index in [4.69, 9.17) is 9.90 Å². The highest BCUT2D eigenvalue weighted by molar-refractivity contribution is 5.94. The molecule has 10 heteroatoms. The molecule has 6 nitrogen and oxygen atoms in total. The predicted molar refractivity (Wildman–Crippen MR) is 140 cm³/mol. The first-order chi connectivity index (χ1) is 18.6.